The smallest absolute Gasteiger partial charge is 0.251 e. The SMILES string of the molecule is COc1ccc(C(=O)NC2CCCCC2)cc1S(=O)(=O)N1CCCCCC1. The van der Waals surface area contributed by atoms with Crippen molar-refractivity contribution in [3.63, 3.8) is 0 Å². The lowest BCUT2D eigenvalue weighted by atomic mass is 9.95. The van der Waals surface area contributed by atoms with E-state index in [2.05, 4.69) is 5.32 Å². The van der Waals surface area contributed by atoms with Gasteiger partial charge in [0.15, 0.2) is 0 Å². The zero-order valence-electron chi connectivity index (χ0n) is 16.1. The van der Waals surface area contributed by atoms with Crippen LogP contribution in [0, 0.1) is 0 Å². The van der Waals surface area contributed by atoms with E-state index in [9.17, 15) is 13.2 Å². The van der Waals surface area contributed by atoms with Crippen molar-refractivity contribution in [2.75, 3.05) is 20.2 Å². The maximum atomic E-state index is 13.2. The Balaban J connectivity index is 1.85. The molecule has 1 aromatic carbocycles. The first-order valence-corrected chi connectivity index (χ1v) is 11.5. The van der Waals surface area contributed by atoms with E-state index in [-0.39, 0.29) is 22.6 Å². The molecule has 2 aliphatic rings. The molecule has 0 aromatic heterocycles. The number of hydrogen-bond donors (Lipinski definition) is 1. The minimum atomic E-state index is -3.69. The Morgan fingerprint density at radius 2 is 1.67 bits per heavy atom. The van der Waals surface area contributed by atoms with Crippen molar-refractivity contribution in [2.24, 2.45) is 0 Å². The normalized spacial score (nSPS) is 20.0. The number of sulfonamides is 1. The van der Waals surface area contributed by atoms with Gasteiger partial charge in [-0.05, 0) is 43.9 Å². The van der Waals surface area contributed by atoms with E-state index in [0.29, 0.717) is 18.7 Å². The minimum absolute atomic E-state index is 0.0863. The Morgan fingerprint density at radius 3 is 2.30 bits per heavy atom. The second kappa shape index (κ2) is 9.06. The van der Waals surface area contributed by atoms with Gasteiger partial charge < -0.3 is 10.1 Å². The van der Waals surface area contributed by atoms with E-state index < -0.39 is 10.0 Å². The third kappa shape index (κ3) is 4.82. The summed E-state index contributed by atoms with van der Waals surface area (Å²) in [6.45, 7) is 1.04. The molecule has 1 amide bonds. The van der Waals surface area contributed by atoms with Crippen molar-refractivity contribution < 1.29 is 17.9 Å². The molecular formula is C20H30N2O4S. The van der Waals surface area contributed by atoms with Gasteiger partial charge in [0.05, 0.1) is 7.11 Å². The molecule has 1 aliphatic carbocycles. The number of methoxy groups -OCH3 is 1. The molecule has 2 fully saturated rings. The van der Waals surface area contributed by atoms with Gasteiger partial charge in [0.1, 0.15) is 10.6 Å². The first kappa shape index (κ1) is 20.1. The average molecular weight is 395 g/mol. The molecule has 1 aliphatic heterocycles. The third-order valence-electron chi connectivity index (χ3n) is 5.55. The van der Waals surface area contributed by atoms with E-state index >= 15 is 0 Å². The van der Waals surface area contributed by atoms with Crippen LogP contribution in [0.25, 0.3) is 0 Å². The molecular weight excluding hydrogens is 364 g/mol. The Hall–Kier alpha value is -1.60. The monoisotopic (exact) mass is 394 g/mol. The summed E-state index contributed by atoms with van der Waals surface area (Å²) in [7, 11) is -2.23. The second-order valence-corrected chi connectivity index (χ2v) is 9.40. The summed E-state index contributed by atoms with van der Waals surface area (Å²) in [5.74, 6) is 0.0744. The molecule has 150 valence electrons. The molecule has 3 rings (SSSR count). The van der Waals surface area contributed by atoms with Gasteiger partial charge in [-0.1, -0.05) is 32.1 Å². The second-order valence-electron chi connectivity index (χ2n) is 7.49. The molecule has 6 nitrogen and oxygen atoms in total. The van der Waals surface area contributed by atoms with Crippen LogP contribution in [-0.4, -0.2) is 44.9 Å². The number of benzene rings is 1. The lowest BCUT2D eigenvalue weighted by Crippen LogP contribution is -2.36. The van der Waals surface area contributed by atoms with Gasteiger partial charge >= 0.3 is 0 Å². The molecule has 1 heterocycles. The Kier molecular flexibility index (Phi) is 6.76. The number of nitrogens with one attached hydrogen (secondary N) is 1. The Bertz CT molecular complexity index is 749. The lowest BCUT2D eigenvalue weighted by Gasteiger charge is -2.24. The van der Waals surface area contributed by atoms with Gasteiger partial charge in [0, 0.05) is 24.7 Å². The van der Waals surface area contributed by atoms with Crippen LogP contribution in [-0.2, 0) is 10.0 Å². The Morgan fingerprint density at radius 1 is 1.04 bits per heavy atom. The predicted octanol–water partition coefficient (Wildman–Crippen LogP) is 3.32. The fraction of sp³-hybridized carbons (Fsp3) is 0.650. The van der Waals surface area contributed by atoms with Crippen molar-refractivity contribution in [1.29, 1.82) is 0 Å². The molecule has 0 unspecified atom stereocenters. The van der Waals surface area contributed by atoms with Crippen molar-refractivity contribution in [3.05, 3.63) is 23.8 Å². The van der Waals surface area contributed by atoms with Crippen molar-refractivity contribution in [3.8, 4) is 5.75 Å². The highest BCUT2D eigenvalue weighted by Gasteiger charge is 2.29. The molecule has 1 saturated heterocycles. The number of carbonyl (C=O) groups is 1. The van der Waals surface area contributed by atoms with Gasteiger partial charge in [0.2, 0.25) is 10.0 Å². The van der Waals surface area contributed by atoms with E-state index in [1.807, 2.05) is 0 Å². The molecule has 1 N–H and O–H groups in total. The topological polar surface area (TPSA) is 75.7 Å². The molecule has 0 spiro atoms. The highest BCUT2D eigenvalue weighted by Crippen LogP contribution is 2.29. The highest BCUT2D eigenvalue weighted by atomic mass is 32.2. The van der Waals surface area contributed by atoms with Crippen LogP contribution in [0.4, 0.5) is 0 Å². The van der Waals surface area contributed by atoms with Crippen LogP contribution >= 0.6 is 0 Å². The van der Waals surface area contributed by atoms with Crippen LogP contribution in [0.15, 0.2) is 23.1 Å². The molecule has 27 heavy (non-hydrogen) atoms. The molecule has 1 aromatic rings. The van der Waals surface area contributed by atoms with Gasteiger partial charge in [-0.3, -0.25) is 4.79 Å². The standard InChI is InChI=1S/C20H30N2O4S/c1-26-18-12-11-16(20(23)21-17-9-5-4-6-10-17)15-19(18)27(24,25)22-13-7-2-3-8-14-22/h11-12,15,17H,2-10,13-14H2,1H3,(H,21,23). The van der Waals surface area contributed by atoms with E-state index in [1.165, 1.54) is 23.9 Å². The summed E-state index contributed by atoms with van der Waals surface area (Å²) in [4.78, 5) is 12.7. The zero-order valence-corrected chi connectivity index (χ0v) is 16.9. The van der Waals surface area contributed by atoms with E-state index in [4.69, 9.17) is 4.74 Å². The fourth-order valence-electron chi connectivity index (χ4n) is 3.96. The number of rotatable bonds is 5. The first-order valence-electron chi connectivity index (χ1n) is 10.0. The molecule has 7 heteroatoms. The van der Waals surface area contributed by atoms with Gasteiger partial charge in [-0.25, -0.2) is 8.42 Å². The quantitative estimate of drug-likeness (QED) is 0.831. The molecule has 0 radical (unpaired) electrons. The maximum Gasteiger partial charge on any atom is 0.251 e. The summed E-state index contributed by atoms with van der Waals surface area (Å²) in [5, 5.41) is 3.05. The van der Waals surface area contributed by atoms with Gasteiger partial charge in [-0.2, -0.15) is 4.31 Å². The number of carbonyl (C=O) groups excluding carboxylic acids is 1. The first-order chi connectivity index (χ1) is 13.0. The lowest BCUT2D eigenvalue weighted by molar-refractivity contribution is 0.0927. The maximum absolute atomic E-state index is 13.2. The number of ether oxygens (including phenoxy) is 1. The largest absolute Gasteiger partial charge is 0.495 e. The van der Waals surface area contributed by atoms with Crippen LogP contribution < -0.4 is 10.1 Å². The number of hydrogen-bond acceptors (Lipinski definition) is 4. The summed E-state index contributed by atoms with van der Waals surface area (Å²) >= 11 is 0. The van der Waals surface area contributed by atoms with E-state index in [1.54, 1.807) is 12.1 Å². The molecule has 1 saturated carbocycles. The van der Waals surface area contributed by atoms with Crippen LogP contribution in [0.5, 0.6) is 5.75 Å². The van der Waals surface area contributed by atoms with Crippen molar-refractivity contribution >= 4 is 15.9 Å². The molecule has 0 bridgehead atoms. The van der Waals surface area contributed by atoms with Crippen LogP contribution in [0.3, 0.4) is 0 Å². The Labute approximate surface area is 162 Å². The predicted molar refractivity (Wildman–Crippen MR) is 105 cm³/mol. The fourth-order valence-corrected chi connectivity index (χ4v) is 5.65. The number of nitrogens with zero attached hydrogens (tertiary/aromatic N) is 1. The van der Waals surface area contributed by atoms with E-state index in [0.717, 1.165) is 51.4 Å². The van der Waals surface area contributed by atoms with Crippen molar-refractivity contribution in [1.82, 2.24) is 9.62 Å². The minimum Gasteiger partial charge on any atom is -0.495 e. The zero-order chi connectivity index (χ0) is 19.3. The van der Waals surface area contributed by atoms with Gasteiger partial charge in [-0.15, -0.1) is 0 Å². The summed E-state index contributed by atoms with van der Waals surface area (Å²) in [6.07, 6.45) is 9.27. The summed E-state index contributed by atoms with van der Waals surface area (Å²) in [5.41, 5.74) is 0.370. The third-order valence-corrected chi connectivity index (χ3v) is 7.47. The highest BCUT2D eigenvalue weighted by molar-refractivity contribution is 7.89. The van der Waals surface area contributed by atoms with Gasteiger partial charge in [0.25, 0.3) is 5.91 Å². The number of amides is 1. The summed E-state index contributed by atoms with van der Waals surface area (Å²) in [6, 6.07) is 4.87. The molecule has 0 atom stereocenters. The van der Waals surface area contributed by atoms with Crippen LogP contribution in [0.1, 0.15) is 68.1 Å². The van der Waals surface area contributed by atoms with Crippen molar-refractivity contribution in [2.45, 2.75) is 68.7 Å². The average Bonchev–Trinajstić information content (AvgIpc) is 2.98. The van der Waals surface area contributed by atoms with Crippen LogP contribution in [0.2, 0.25) is 0 Å². The summed E-state index contributed by atoms with van der Waals surface area (Å²) < 4.78 is 33.2.